The summed E-state index contributed by atoms with van der Waals surface area (Å²) in [6.45, 7) is 0.325. The van der Waals surface area contributed by atoms with Crippen LogP contribution in [0.15, 0.2) is 16.8 Å². The summed E-state index contributed by atoms with van der Waals surface area (Å²) in [4.78, 5) is 0. The molecule has 1 aromatic rings. The number of hydrogen-bond acceptors (Lipinski definition) is 2. The van der Waals surface area contributed by atoms with Gasteiger partial charge >= 0.3 is 0 Å². The number of thiophene rings is 1. The molecule has 0 radical (unpaired) electrons. The molecule has 2 heteroatoms. The van der Waals surface area contributed by atoms with Crippen LogP contribution < -0.4 is 0 Å². The minimum atomic E-state index is 0.325. The highest BCUT2D eigenvalue weighted by atomic mass is 32.1. The van der Waals surface area contributed by atoms with Gasteiger partial charge in [0.15, 0.2) is 0 Å². The van der Waals surface area contributed by atoms with Gasteiger partial charge in [-0.1, -0.05) is 32.1 Å². The second-order valence-electron chi connectivity index (χ2n) is 5.35. The molecule has 1 nitrogen and oxygen atoms in total. The zero-order chi connectivity index (χ0) is 11.9. The van der Waals surface area contributed by atoms with Crippen LogP contribution in [0.1, 0.15) is 62.8 Å². The second kappa shape index (κ2) is 7.17. The van der Waals surface area contributed by atoms with Gasteiger partial charge in [0.1, 0.15) is 0 Å². The number of hydrogen-bond donors (Lipinski definition) is 1. The molecule has 1 fully saturated rings. The molecule has 96 valence electrons. The molecule has 0 saturated heterocycles. The van der Waals surface area contributed by atoms with E-state index in [1.807, 2.05) is 0 Å². The first kappa shape index (κ1) is 13.1. The van der Waals surface area contributed by atoms with Gasteiger partial charge in [-0.05, 0) is 53.5 Å². The van der Waals surface area contributed by atoms with Gasteiger partial charge in [-0.25, -0.2) is 0 Å². The van der Waals surface area contributed by atoms with E-state index in [4.69, 9.17) is 0 Å². The van der Waals surface area contributed by atoms with Crippen LogP contribution in [0.25, 0.3) is 0 Å². The molecule has 1 aliphatic carbocycles. The molecule has 17 heavy (non-hydrogen) atoms. The molecular formula is C15H24OS. The van der Waals surface area contributed by atoms with Crippen LogP contribution in [0.2, 0.25) is 0 Å². The molecule has 2 rings (SSSR count). The van der Waals surface area contributed by atoms with Crippen molar-refractivity contribution in [2.45, 2.75) is 57.3 Å². The fourth-order valence-corrected chi connectivity index (χ4v) is 3.80. The normalized spacial score (nSPS) is 19.4. The number of rotatable bonds is 6. The van der Waals surface area contributed by atoms with Gasteiger partial charge in [-0.15, -0.1) is 0 Å². The summed E-state index contributed by atoms with van der Waals surface area (Å²) in [5.74, 6) is 1.55. The van der Waals surface area contributed by atoms with Crippen molar-refractivity contribution in [1.29, 1.82) is 0 Å². The summed E-state index contributed by atoms with van der Waals surface area (Å²) in [5, 5.41) is 13.6. The molecule has 0 amide bonds. The van der Waals surface area contributed by atoms with E-state index in [0.29, 0.717) is 12.5 Å². The third kappa shape index (κ3) is 4.11. The molecule has 1 aromatic heterocycles. The topological polar surface area (TPSA) is 20.2 Å². The van der Waals surface area contributed by atoms with Crippen molar-refractivity contribution in [2.24, 2.45) is 5.92 Å². The average molecular weight is 252 g/mol. The van der Waals surface area contributed by atoms with Gasteiger partial charge < -0.3 is 5.11 Å². The van der Waals surface area contributed by atoms with Gasteiger partial charge in [0.2, 0.25) is 0 Å². The van der Waals surface area contributed by atoms with Crippen LogP contribution >= 0.6 is 11.3 Å². The molecule has 1 saturated carbocycles. The fourth-order valence-electron chi connectivity index (χ4n) is 3.05. The summed E-state index contributed by atoms with van der Waals surface area (Å²) in [6, 6.07) is 2.23. The lowest BCUT2D eigenvalue weighted by Gasteiger charge is -2.23. The maximum Gasteiger partial charge on any atom is 0.0436 e. The van der Waals surface area contributed by atoms with Crippen molar-refractivity contribution in [1.82, 2.24) is 0 Å². The van der Waals surface area contributed by atoms with Crippen LogP contribution in [0.4, 0.5) is 0 Å². The average Bonchev–Trinajstić information content (AvgIpc) is 2.89. The van der Waals surface area contributed by atoms with Crippen molar-refractivity contribution < 1.29 is 5.11 Å². The molecule has 0 aliphatic heterocycles. The number of aliphatic hydroxyl groups is 1. The largest absolute Gasteiger partial charge is 0.396 e. The fraction of sp³-hybridized carbons (Fsp3) is 0.733. The van der Waals surface area contributed by atoms with Gasteiger partial charge in [0.25, 0.3) is 0 Å². The Morgan fingerprint density at radius 1 is 1.24 bits per heavy atom. The summed E-state index contributed by atoms with van der Waals surface area (Å²) < 4.78 is 0. The van der Waals surface area contributed by atoms with Gasteiger partial charge in [-0.3, -0.25) is 0 Å². The standard InChI is InChI=1S/C15H24OS/c16-10-8-14(15-9-11-17-12-15)7-6-13-4-2-1-3-5-13/h9,11-14,16H,1-8,10H2. The summed E-state index contributed by atoms with van der Waals surface area (Å²) in [5.41, 5.74) is 1.44. The Hall–Kier alpha value is -0.340. The van der Waals surface area contributed by atoms with Gasteiger partial charge in [0, 0.05) is 6.61 Å². The van der Waals surface area contributed by atoms with Crippen LogP contribution in [0.5, 0.6) is 0 Å². The Morgan fingerprint density at radius 3 is 2.71 bits per heavy atom. The van der Waals surface area contributed by atoms with Gasteiger partial charge in [-0.2, -0.15) is 11.3 Å². The third-order valence-corrected chi connectivity index (χ3v) is 4.84. The van der Waals surface area contributed by atoms with Crippen molar-refractivity contribution in [3.8, 4) is 0 Å². The SMILES string of the molecule is OCCC(CCC1CCCCC1)c1ccsc1. The maximum atomic E-state index is 9.18. The maximum absolute atomic E-state index is 9.18. The van der Waals surface area contributed by atoms with E-state index < -0.39 is 0 Å². The predicted octanol–water partition coefficient (Wildman–Crippen LogP) is 4.57. The van der Waals surface area contributed by atoms with Crippen molar-refractivity contribution >= 4 is 11.3 Å². The lowest BCUT2D eigenvalue weighted by molar-refractivity contribution is 0.262. The Bertz CT molecular complexity index is 288. The molecule has 0 spiro atoms. The molecule has 0 aromatic carbocycles. The molecular weight excluding hydrogens is 228 g/mol. The Kier molecular flexibility index (Phi) is 5.53. The van der Waals surface area contributed by atoms with Crippen LogP contribution in [0, 0.1) is 5.92 Å². The molecule has 0 bridgehead atoms. The highest BCUT2D eigenvalue weighted by Crippen LogP contribution is 2.33. The van der Waals surface area contributed by atoms with E-state index >= 15 is 0 Å². The van der Waals surface area contributed by atoms with E-state index in [9.17, 15) is 5.11 Å². The Balaban J connectivity index is 1.81. The number of aliphatic hydroxyl groups excluding tert-OH is 1. The monoisotopic (exact) mass is 252 g/mol. The van der Waals surface area contributed by atoms with Gasteiger partial charge in [0.05, 0.1) is 0 Å². The van der Waals surface area contributed by atoms with E-state index in [1.54, 1.807) is 11.3 Å². The Labute approximate surface area is 109 Å². The predicted molar refractivity (Wildman–Crippen MR) is 74.6 cm³/mol. The zero-order valence-electron chi connectivity index (χ0n) is 10.6. The first-order valence-electron chi connectivity index (χ1n) is 7.03. The summed E-state index contributed by atoms with van der Waals surface area (Å²) in [7, 11) is 0. The summed E-state index contributed by atoms with van der Waals surface area (Å²) in [6.07, 6.45) is 10.8. The quantitative estimate of drug-likeness (QED) is 0.786. The van der Waals surface area contributed by atoms with Crippen molar-refractivity contribution in [2.75, 3.05) is 6.61 Å². The summed E-state index contributed by atoms with van der Waals surface area (Å²) >= 11 is 1.77. The van der Waals surface area contributed by atoms with E-state index in [2.05, 4.69) is 16.8 Å². The molecule has 1 aliphatic rings. The molecule has 1 heterocycles. The van der Waals surface area contributed by atoms with E-state index in [-0.39, 0.29) is 0 Å². The van der Waals surface area contributed by atoms with Crippen molar-refractivity contribution in [3.05, 3.63) is 22.4 Å². The van der Waals surface area contributed by atoms with E-state index in [1.165, 1.54) is 50.5 Å². The molecule has 1 N–H and O–H groups in total. The second-order valence-corrected chi connectivity index (χ2v) is 6.13. The van der Waals surface area contributed by atoms with Crippen LogP contribution in [-0.2, 0) is 0 Å². The molecule has 1 atom stereocenters. The minimum Gasteiger partial charge on any atom is -0.396 e. The van der Waals surface area contributed by atoms with E-state index in [0.717, 1.165) is 12.3 Å². The van der Waals surface area contributed by atoms with Crippen LogP contribution in [-0.4, -0.2) is 11.7 Å². The first-order valence-corrected chi connectivity index (χ1v) is 7.97. The van der Waals surface area contributed by atoms with Crippen molar-refractivity contribution in [3.63, 3.8) is 0 Å². The highest BCUT2D eigenvalue weighted by molar-refractivity contribution is 7.07. The highest BCUT2D eigenvalue weighted by Gasteiger charge is 2.17. The zero-order valence-corrected chi connectivity index (χ0v) is 11.4. The molecule has 1 unspecified atom stereocenters. The first-order chi connectivity index (χ1) is 8.40. The van der Waals surface area contributed by atoms with Crippen LogP contribution in [0.3, 0.4) is 0 Å². The lowest BCUT2D eigenvalue weighted by atomic mass is 9.82. The Morgan fingerprint density at radius 2 is 2.06 bits per heavy atom. The smallest absolute Gasteiger partial charge is 0.0436 e. The minimum absolute atomic E-state index is 0.325. The lowest BCUT2D eigenvalue weighted by Crippen LogP contribution is -2.09. The third-order valence-electron chi connectivity index (χ3n) is 4.14.